The molecule has 1 aliphatic heterocycles. The van der Waals surface area contributed by atoms with Crippen LogP contribution in [-0.2, 0) is 17.9 Å². The van der Waals surface area contributed by atoms with Crippen LogP contribution in [-0.4, -0.2) is 12.0 Å². The minimum Gasteiger partial charge on any atom is -0.479 e. The first-order valence-electron chi connectivity index (χ1n) is 7.14. The van der Waals surface area contributed by atoms with Crippen LogP contribution in [0.5, 0.6) is 5.75 Å². The SMILES string of the molecule is CC1Oc2cc(CN)ccc2N(Cc2cccc(F)c2)C1=O. The predicted octanol–water partition coefficient (Wildman–Crippen LogP) is 2.60. The summed E-state index contributed by atoms with van der Waals surface area (Å²) in [6, 6.07) is 11.8. The topological polar surface area (TPSA) is 55.6 Å². The molecule has 1 aliphatic rings. The zero-order valence-electron chi connectivity index (χ0n) is 12.3. The first kappa shape index (κ1) is 14.5. The van der Waals surface area contributed by atoms with Gasteiger partial charge in [-0.2, -0.15) is 0 Å². The van der Waals surface area contributed by atoms with Crippen molar-refractivity contribution in [2.75, 3.05) is 4.90 Å². The highest BCUT2D eigenvalue weighted by molar-refractivity contribution is 5.99. The van der Waals surface area contributed by atoms with Crippen molar-refractivity contribution in [1.29, 1.82) is 0 Å². The molecule has 0 aliphatic carbocycles. The fraction of sp³-hybridized carbons (Fsp3) is 0.235. The fourth-order valence-electron chi connectivity index (χ4n) is 2.56. The van der Waals surface area contributed by atoms with E-state index in [2.05, 4.69) is 0 Å². The number of hydrogen-bond donors (Lipinski definition) is 1. The summed E-state index contributed by atoms with van der Waals surface area (Å²) >= 11 is 0. The molecule has 0 spiro atoms. The summed E-state index contributed by atoms with van der Waals surface area (Å²) in [7, 11) is 0. The number of carbonyl (C=O) groups excluding carboxylic acids is 1. The number of nitrogens with zero attached hydrogens (tertiary/aromatic N) is 1. The van der Waals surface area contributed by atoms with E-state index in [4.69, 9.17) is 10.5 Å². The third-order valence-electron chi connectivity index (χ3n) is 3.70. The van der Waals surface area contributed by atoms with Crippen molar-refractivity contribution in [3.63, 3.8) is 0 Å². The molecule has 4 nitrogen and oxygen atoms in total. The number of carbonyl (C=O) groups is 1. The molecule has 1 heterocycles. The van der Waals surface area contributed by atoms with Crippen molar-refractivity contribution >= 4 is 11.6 Å². The number of nitrogens with two attached hydrogens (primary N) is 1. The van der Waals surface area contributed by atoms with Gasteiger partial charge in [0.1, 0.15) is 11.6 Å². The van der Waals surface area contributed by atoms with Gasteiger partial charge in [0.05, 0.1) is 12.2 Å². The van der Waals surface area contributed by atoms with Crippen molar-refractivity contribution in [2.45, 2.75) is 26.1 Å². The lowest BCUT2D eigenvalue weighted by atomic mass is 10.1. The molecular weight excluding hydrogens is 283 g/mol. The van der Waals surface area contributed by atoms with E-state index >= 15 is 0 Å². The minimum atomic E-state index is -0.575. The molecule has 0 aromatic heterocycles. The number of fused-ring (bicyclic) bond motifs is 1. The van der Waals surface area contributed by atoms with Crippen LogP contribution < -0.4 is 15.4 Å². The average molecular weight is 300 g/mol. The maximum absolute atomic E-state index is 13.3. The molecule has 0 saturated carbocycles. The largest absolute Gasteiger partial charge is 0.479 e. The molecule has 2 aromatic rings. The Bertz CT molecular complexity index is 718. The molecule has 0 bridgehead atoms. The van der Waals surface area contributed by atoms with Crippen LogP contribution in [0.4, 0.5) is 10.1 Å². The van der Waals surface area contributed by atoms with Gasteiger partial charge in [-0.3, -0.25) is 4.79 Å². The maximum atomic E-state index is 13.3. The third kappa shape index (κ3) is 2.67. The number of ether oxygens (including phenoxy) is 1. The smallest absolute Gasteiger partial charge is 0.268 e. The molecule has 1 atom stereocenters. The number of anilines is 1. The van der Waals surface area contributed by atoms with E-state index in [0.29, 0.717) is 24.5 Å². The molecule has 22 heavy (non-hydrogen) atoms. The van der Waals surface area contributed by atoms with Crippen molar-refractivity contribution in [3.8, 4) is 5.75 Å². The van der Waals surface area contributed by atoms with Crippen LogP contribution in [0.2, 0.25) is 0 Å². The van der Waals surface area contributed by atoms with Gasteiger partial charge < -0.3 is 15.4 Å². The Labute approximate surface area is 128 Å². The van der Waals surface area contributed by atoms with Gasteiger partial charge in [-0.1, -0.05) is 18.2 Å². The second kappa shape index (κ2) is 5.77. The summed E-state index contributed by atoms with van der Waals surface area (Å²) in [5, 5.41) is 0. The van der Waals surface area contributed by atoms with E-state index in [9.17, 15) is 9.18 Å². The third-order valence-corrected chi connectivity index (χ3v) is 3.70. The molecule has 0 radical (unpaired) electrons. The van der Waals surface area contributed by atoms with E-state index in [1.54, 1.807) is 24.0 Å². The van der Waals surface area contributed by atoms with E-state index in [1.165, 1.54) is 12.1 Å². The Morgan fingerprint density at radius 2 is 2.05 bits per heavy atom. The van der Waals surface area contributed by atoms with Gasteiger partial charge in [0.25, 0.3) is 5.91 Å². The highest BCUT2D eigenvalue weighted by Gasteiger charge is 2.31. The summed E-state index contributed by atoms with van der Waals surface area (Å²) in [6.07, 6.45) is -0.575. The van der Waals surface area contributed by atoms with Crippen molar-refractivity contribution in [2.24, 2.45) is 5.73 Å². The van der Waals surface area contributed by atoms with E-state index in [-0.39, 0.29) is 11.7 Å². The molecule has 1 unspecified atom stereocenters. The Hall–Kier alpha value is -2.40. The zero-order valence-corrected chi connectivity index (χ0v) is 12.3. The van der Waals surface area contributed by atoms with Gasteiger partial charge >= 0.3 is 0 Å². The van der Waals surface area contributed by atoms with Crippen LogP contribution >= 0.6 is 0 Å². The quantitative estimate of drug-likeness (QED) is 0.948. The lowest BCUT2D eigenvalue weighted by Gasteiger charge is -2.33. The van der Waals surface area contributed by atoms with Crippen LogP contribution in [0.1, 0.15) is 18.1 Å². The molecule has 2 N–H and O–H groups in total. The summed E-state index contributed by atoms with van der Waals surface area (Å²) in [6.45, 7) is 2.42. The van der Waals surface area contributed by atoms with Crippen molar-refractivity contribution in [3.05, 3.63) is 59.4 Å². The molecule has 0 fully saturated rings. The van der Waals surface area contributed by atoms with Crippen LogP contribution in [0.15, 0.2) is 42.5 Å². The normalized spacial score (nSPS) is 17.1. The van der Waals surface area contributed by atoms with Crippen LogP contribution in [0.25, 0.3) is 0 Å². The monoisotopic (exact) mass is 300 g/mol. The molecule has 2 aromatic carbocycles. The number of rotatable bonds is 3. The van der Waals surface area contributed by atoms with E-state index in [1.807, 2.05) is 18.2 Å². The summed E-state index contributed by atoms with van der Waals surface area (Å²) in [5.74, 6) is 0.175. The second-order valence-corrected chi connectivity index (χ2v) is 5.32. The summed E-state index contributed by atoms with van der Waals surface area (Å²) in [4.78, 5) is 14.0. The predicted molar refractivity (Wildman–Crippen MR) is 82.0 cm³/mol. The Morgan fingerprint density at radius 1 is 1.23 bits per heavy atom. The summed E-state index contributed by atoms with van der Waals surface area (Å²) < 4.78 is 19.0. The summed E-state index contributed by atoms with van der Waals surface area (Å²) in [5.41, 5.74) is 8.00. The maximum Gasteiger partial charge on any atom is 0.268 e. The second-order valence-electron chi connectivity index (χ2n) is 5.32. The van der Waals surface area contributed by atoms with Gasteiger partial charge in [0, 0.05) is 6.54 Å². The van der Waals surface area contributed by atoms with Crippen molar-refractivity contribution in [1.82, 2.24) is 0 Å². The molecule has 114 valence electrons. The van der Waals surface area contributed by atoms with Gasteiger partial charge in [-0.25, -0.2) is 4.39 Å². The Morgan fingerprint density at radius 3 is 2.77 bits per heavy atom. The van der Waals surface area contributed by atoms with Gasteiger partial charge in [-0.05, 0) is 42.3 Å². The Kier molecular flexibility index (Phi) is 3.81. The van der Waals surface area contributed by atoms with E-state index < -0.39 is 6.10 Å². The molecular formula is C17H17FN2O2. The lowest BCUT2D eigenvalue weighted by molar-refractivity contribution is -0.125. The Balaban J connectivity index is 1.98. The van der Waals surface area contributed by atoms with Gasteiger partial charge in [0.15, 0.2) is 6.10 Å². The highest BCUT2D eigenvalue weighted by Crippen LogP contribution is 2.35. The minimum absolute atomic E-state index is 0.141. The molecule has 3 rings (SSSR count). The van der Waals surface area contributed by atoms with Gasteiger partial charge in [0.2, 0.25) is 0 Å². The van der Waals surface area contributed by atoms with Crippen LogP contribution in [0.3, 0.4) is 0 Å². The zero-order chi connectivity index (χ0) is 15.7. The first-order chi connectivity index (χ1) is 10.6. The van der Waals surface area contributed by atoms with Crippen molar-refractivity contribution < 1.29 is 13.9 Å². The number of hydrogen-bond acceptors (Lipinski definition) is 3. The first-order valence-corrected chi connectivity index (χ1v) is 7.14. The highest BCUT2D eigenvalue weighted by atomic mass is 19.1. The van der Waals surface area contributed by atoms with Gasteiger partial charge in [-0.15, -0.1) is 0 Å². The van der Waals surface area contributed by atoms with E-state index in [0.717, 1.165) is 11.1 Å². The molecule has 1 amide bonds. The fourth-order valence-corrected chi connectivity index (χ4v) is 2.56. The lowest BCUT2D eigenvalue weighted by Crippen LogP contribution is -2.44. The molecule has 5 heteroatoms. The standard InChI is InChI=1S/C17H17FN2O2/c1-11-17(21)20(10-13-3-2-4-14(18)7-13)15-6-5-12(9-19)8-16(15)22-11/h2-8,11H,9-10,19H2,1H3. The average Bonchev–Trinajstić information content (AvgIpc) is 2.51. The van der Waals surface area contributed by atoms with Crippen LogP contribution in [0, 0.1) is 5.82 Å². The number of amides is 1. The molecule has 0 saturated heterocycles. The number of benzene rings is 2. The number of halogens is 1.